The van der Waals surface area contributed by atoms with Crippen LogP contribution in [0.5, 0.6) is 0 Å². The molecule has 0 bridgehead atoms. The summed E-state index contributed by atoms with van der Waals surface area (Å²) in [5.41, 5.74) is 0. The van der Waals surface area contributed by atoms with Crippen LogP contribution in [-0.2, 0) is 39.6 Å². The first kappa shape index (κ1) is 30.2. The molecule has 0 saturated carbocycles. The van der Waals surface area contributed by atoms with E-state index in [1.54, 1.807) is 9.77 Å². The summed E-state index contributed by atoms with van der Waals surface area (Å²) in [7, 11) is -3.08. The van der Waals surface area contributed by atoms with Gasteiger partial charge in [0.1, 0.15) is 0 Å². The largest absolute Gasteiger partial charge is 0.147 e. The predicted molar refractivity (Wildman–Crippen MR) is 133 cm³/mol. The molecular weight excluding hydrogens is 535 g/mol. The van der Waals surface area contributed by atoms with Crippen LogP contribution in [0.4, 0.5) is 0 Å². The first-order valence-corrected chi connectivity index (χ1v) is 20.5. The maximum absolute atomic E-state index is 5.86. The molecule has 0 N–H and O–H groups in total. The summed E-state index contributed by atoms with van der Waals surface area (Å²) >= 11 is -1.99. The molecule has 2 aliphatic rings. The van der Waals surface area contributed by atoms with Gasteiger partial charge in [-0.2, -0.15) is 0 Å². The molecule has 2 aliphatic carbocycles. The molecular formula is C21H38Cl2O4Si2Zr. The third-order valence-corrected chi connectivity index (χ3v) is 13.6. The normalized spacial score (nSPS) is 15.9. The van der Waals surface area contributed by atoms with E-state index in [1.807, 2.05) is 0 Å². The van der Waals surface area contributed by atoms with E-state index < -0.39 is 37.9 Å². The second-order valence-electron chi connectivity index (χ2n) is 9.37. The van der Waals surface area contributed by atoms with E-state index >= 15 is 0 Å². The average molecular weight is 573 g/mol. The minimum absolute atomic E-state index is 0. The van der Waals surface area contributed by atoms with E-state index in [1.165, 1.54) is 0 Å². The Morgan fingerprint density at radius 1 is 0.767 bits per heavy atom. The molecule has 0 fully saturated rings. The molecule has 0 saturated heterocycles. The summed E-state index contributed by atoms with van der Waals surface area (Å²) in [6.45, 7) is 18.4. The van der Waals surface area contributed by atoms with Crippen LogP contribution in [0.15, 0.2) is 42.4 Å². The molecule has 9 heteroatoms. The van der Waals surface area contributed by atoms with Crippen molar-refractivity contribution in [3.63, 3.8) is 0 Å². The molecule has 172 valence electrons. The number of ether oxygens (including phenoxy) is 2. The van der Waals surface area contributed by atoms with Crippen molar-refractivity contribution in [1.82, 2.24) is 0 Å². The van der Waals surface area contributed by atoms with Crippen molar-refractivity contribution in [1.29, 1.82) is 0 Å². The summed E-state index contributed by atoms with van der Waals surface area (Å²) in [4.78, 5) is 0. The van der Waals surface area contributed by atoms with Crippen LogP contribution in [0, 0.1) is 0 Å². The molecule has 2 rings (SSSR count). The Balaban J connectivity index is 0.00000420. The Bertz CT molecular complexity index is 685. The standard InChI is InChI=1S/2C9H15O2Si.C3H6.2ClH.Zr/c2*1-12(2,3)11-8-10-9-6-4-5-7-9;1-3-2;;;/h2*6-7H,4,8H2,1-3H3;1-2H3;2*1H;. The van der Waals surface area contributed by atoms with Gasteiger partial charge in [-0.05, 0) is 0 Å². The fourth-order valence-electron chi connectivity index (χ4n) is 2.95. The summed E-state index contributed by atoms with van der Waals surface area (Å²) in [5, 5.41) is 0. The first-order valence-electron chi connectivity index (χ1n) is 9.98. The number of allylic oxidation sites excluding steroid dienone is 6. The topological polar surface area (TPSA) is 36.9 Å². The Morgan fingerprint density at radius 3 is 1.43 bits per heavy atom. The summed E-state index contributed by atoms with van der Waals surface area (Å²) in [6, 6.07) is 0. The van der Waals surface area contributed by atoms with Crippen LogP contribution < -0.4 is 0 Å². The molecule has 0 heterocycles. The van der Waals surface area contributed by atoms with Crippen LogP contribution in [0.3, 0.4) is 0 Å². The number of hydrogen-bond donors (Lipinski definition) is 0. The first-order chi connectivity index (χ1) is 12.9. The van der Waals surface area contributed by atoms with Gasteiger partial charge < -0.3 is 0 Å². The molecule has 0 atom stereocenters. The van der Waals surface area contributed by atoms with Crippen molar-refractivity contribution in [3.8, 4) is 0 Å². The molecule has 0 amide bonds. The monoisotopic (exact) mass is 570 g/mol. The van der Waals surface area contributed by atoms with E-state index in [9.17, 15) is 0 Å². The van der Waals surface area contributed by atoms with E-state index in [2.05, 4.69) is 77.4 Å². The van der Waals surface area contributed by atoms with Crippen LogP contribution in [0.2, 0.25) is 39.3 Å². The minimum Gasteiger partial charge on any atom is -0.147 e. The second-order valence-corrected chi connectivity index (χ2v) is 25.9. The molecule has 0 aromatic carbocycles. The van der Waals surface area contributed by atoms with Crippen molar-refractivity contribution in [3.05, 3.63) is 42.4 Å². The Labute approximate surface area is 205 Å². The predicted octanol–water partition coefficient (Wildman–Crippen LogP) is 6.65. The van der Waals surface area contributed by atoms with Crippen molar-refractivity contribution >= 4 is 44.7 Å². The molecule has 0 spiro atoms. The number of halogens is 2. The maximum Gasteiger partial charge on any atom is -0.147 e. The van der Waals surface area contributed by atoms with Gasteiger partial charge in [0.15, 0.2) is 0 Å². The van der Waals surface area contributed by atoms with Gasteiger partial charge in [0.2, 0.25) is 0 Å². The van der Waals surface area contributed by atoms with Crippen molar-refractivity contribution in [2.75, 3.05) is 13.6 Å². The second kappa shape index (κ2) is 13.1. The molecule has 0 aromatic heterocycles. The van der Waals surface area contributed by atoms with Gasteiger partial charge in [0, 0.05) is 0 Å². The Hall–Kier alpha value is 0.247. The Morgan fingerprint density at radius 2 is 1.13 bits per heavy atom. The Kier molecular flexibility index (Phi) is 13.2. The third-order valence-electron chi connectivity index (χ3n) is 4.26. The minimum atomic E-state index is -1.99. The SMILES string of the molecule is C[C](C)=[Zr]([C]1=CC(OCO[Si](C)(C)C)=CC1)[C]1=CC(OCO[Si](C)(C)C)=CC1.Cl.Cl. The van der Waals surface area contributed by atoms with Crippen LogP contribution in [-0.4, -0.2) is 33.4 Å². The van der Waals surface area contributed by atoms with Gasteiger partial charge in [0.05, 0.1) is 0 Å². The van der Waals surface area contributed by atoms with Crippen molar-refractivity contribution < 1.29 is 39.6 Å². The number of hydrogen-bond acceptors (Lipinski definition) is 4. The molecule has 0 unspecified atom stereocenters. The molecule has 0 aliphatic heterocycles. The smallest absolute Gasteiger partial charge is 0.147 e. The summed E-state index contributed by atoms with van der Waals surface area (Å²) < 4.78 is 28.1. The zero-order valence-corrected chi connectivity index (χ0v) is 25.7. The van der Waals surface area contributed by atoms with E-state index in [0.717, 1.165) is 24.4 Å². The van der Waals surface area contributed by atoms with Crippen molar-refractivity contribution in [2.45, 2.75) is 66.0 Å². The fraction of sp³-hybridized carbons (Fsp3) is 0.571. The third kappa shape index (κ3) is 10.7. The molecule has 4 nitrogen and oxygen atoms in total. The zero-order valence-electron chi connectivity index (χ0n) is 19.6. The van der Waals surface area contributed by atoms with E-state index in [0.29, 0.717) is 13.6 Å². The molecule has 0 aromatic rings. The van der Waals surface area contributed by atoms with Crippen LogP contribution in [0.25, 0.3) is 0 Å². The molecule has 30 heavy (non-hydrogen) atoms. The van der Waals surface area contributed by atoms with Crippen molar-refractivity contribution in [2.24, 2.45) is 0 Å². The van der Waals surface area contributed by atoms with Gasteiger partial charge in [0.25, 0.3) is 0 Å². The van der Waals surface area contributed by atoms with Gasteiger partial charge in [-0.25, -0.2) is 0 Å². The zero-order chi connectivity index (χ0) is 20.9. The van der Waals surface area contributed by atoms with Crippen LogP contribution in [0.1, 0.15) is 26.7 Å². The average Bonchev–Trinajstić information content (AvgIpc) is 3.15. The van der Waals surface area contributed by atoms with Gasteiger partial charge in [-0.1, -0.05) is 0 Å². The maximum atomic E-state index is 5.86. The van der Waals surface area contributed by atoms with E-state index in [-0.39, 0.29) is 24.8 Å². The summed E-state index contributed by atoms with van der Waals surface area (Å²) in [5.74, 6) is 1.94. The number of rotatable bonds is 10. The van der Waals surface area contributed by atoms with Crippen LogP contribution >= 0.6 is 24.8 Å². The fourth-order valence-corrected chi connectivity index (χ4v) is 10.9. The molecule has 0 radical (unpaired) electrons. The van der Waals surface area contributed by atoms with Gasteiger partial charge in [-0.15, -0.1) is 24.8 Å². The quantitative estimate of drug-likeness (QED) is 0.217. The van der Waals surface area contributed by atoms with Gasteiger partial charge >= 0.3 is 181 Å². The summed E-state index contributed by atoms with van der Waals surface area (Å²) in [6.07, 6.45) is 11.0. The van der Waals surface area contributed by atoms with E-state index in [4.69, 9.17) is 18.3 Å². The van der Waals surface area contributed by atoms with Gasteiger partial charge in [-0.3, -0.25) is 0 Å².